The third-order valence-corrected chi connectivity index (χ3v) is 4.45. The molecule has 3 N–H and O–H groups in total. The fourth-order valence-corrected chi connectivity index (χ4v) is 2.89. The predicted molar refractivity (Wildman–Crippen MR) is 129 cm³/mol. The Balaban J connectivity index is -0.00000182. The van der Waals surface area contributed by atoms with Crippen molar-refractivity contribution < 1.29 is 75.4 Å². The smallest absolute Gasteiger partial charge is 0.635 e. The molecule has 1 aliphatic rings. The van der Waals surface area contributed by atoms with Crippen molar-refractivity contribution in [1.82, 2.24) is 20.9 Å². The Morgan fingerprint density at radius 2 is 1.62 bits per heavy atom. The summed E-state index contributed by atoms with van der Waals surface area (Å²) in [4.78, 5) is 59.7. The quantitative estimate of drug-likeness (QED) is 0.168. The molecular formula is C23H44KN5O5. The van der Waals surface area contributed by atoms with Crippen molar-refractivity contribution in [2.45, 2.75) is 86.7 Å². The van der Waals surface area contributed by atoms with Gasteiger partial charge in [0.2, 0.25) is 23.6 Å². The van der Waals surface area contributed by atoms with Crippen LogP contribution in [0.4, 0.5) is 0 Å². The number of amides is 5. The molecule has 1 fully saturated rings. The Labute approximate surface area is 247 Å². The number of carbonyl (C=O) groups is 5. The summed E-state index contributed by atoms with van der Waals surface area (Å²) in [6, 6.07) is 0. The van der Waals surface area contributed by atoms with Gasteiger partial charge < -0.3 is 21.3 Å². The number of imide groups is 1. The largest absolute Gasteiger partial charge is 1.00 e. The van der Waals surface area contributed by atoms with Crippen LogP contribution in [0.1, 0.15) is 80.6 Å². The molecule has 2 unspecified atom stereocenters. The van der Waals surface area contributed by atoms with Crippen LogP contribution in [0.5, 0.6) is 0 Å². The molecule has 10 nitrogen and oxygen atoms in total. The van der Waals surface area contributed by atoms with Crippen molar-refractivity contribution in [3.63, 3.8) is 0 Å². The van der Waals surface area contributed by atoms with Crippen LogP contribution in [0.15, 0.2) is 0 Å². The summed E-state index contributed by atoms with van der Waals surface area (Å²) in [5.41, 5.74) is 0. The third kappa shape index (κ3) is 17.6. The van der Waals surface area contributed by atoms with Crippen LogP contribution >= 0.6 is 0 Å². The van der Waals surface area contributed by atoms with E-state index in [4.69, 9.17) is 0 Å². The van der Waals surface area contributed by atoms with E-state index < -0.39 is 6.17 Å². The molecule has 0 aliphatic carbocycles. The maximum absolute atomic E-state index is 11.8. The van der Waals surface area contributed by atoms with Gasteiger partial charge in [0.25, 0.3) is 0 Å². The number of unbranched alkanes of at least 4 members (excludes halogenated alkanes) is 2. The van der Waals surface area contributed by atoms with Crippen molar-refractivity contribution >= 4 is 29.5 Å². The summed E-state index contributed by atoms with van der Waals surface area (Å²) in [6.07, 6.45) is 1.99. The molecule has 5 amide bonds. The van der Waals surface area contributed by atoms with Gasteiger partial charge in [0, 0.05) is 31.8 Å². The summed E-state index contributed by atoms with van der Waals surface area (Å²) < 4.78 is 0. The standard InChI is InChI=1S/C19H32N5O5.2C2H6.K/c1-4-20-16(26)11-21-14(3)23-17(27)12-22-15(25)8-6-5-7-9-24-18(28)10-13(2)19(24)29;2*1-2;/h13-14H,4-12H2,1-3H3,(H,20,26)(H,22,25)(H,23,27);2*1-2H3;/q-1;;;+1. The van der Waals surface area contributed by atoms with Crippen molar-refractivity contribution in [3.8, 4) is 0 Å². The van der Waals surface area contributed by atoms with Crippen LogP contribution in [0.25, 0.3) is 5.32 Å². The number of nitrogens with zero attached hydrogens (tertiary/aromatic N) is 2. The molecule has 0 radical (unpaired) electrons. The molecule has 0 aromatic heterocycles. The maximum atomic E-state index is 11.8. The molecule has 2 atom stereocenters. The number of rotatable bonds is 13. The van der Waals surface area contributed by atoms with Crippen LogP contribution in [0.2, 0.25) is 0 Å². The zero-order chi connectivity index (χ0) is 25.8. The van der Waals surface area contributed by atoms with Gasteiger partial charge in [-0.05, 0) is 19.8 Å². The third-order valence-electron chi connectivity index (χ3n) is 4.45. The molecule has 0 aromatic rings. The molecule has 11 heteroatoms. The molecule has 34 heavy (non-hydrogen) atoms. The van der Waals surface area contributed by atoms with E-state index >= 15 is 0 Å². The molecule has 1 rings (SSSR count). The van der Waals surface area contributed by atoms with E-state index in [1.807, 2.05) is 34.6 Å². The van der Waals surface area contributed by atoms with Gasteiger partial charge in [-0.2, -0.15) is 0 Å². The molecule has 0 saturated carbocycles. The first kappa shape index (κ1) is 37.7. The van der Waals surface area contributed by atoms with Gasteiger partial charge in [-0.3, -0.25) is 28.9 Å². The number of nitrogens with one attached hydrogen (secondary N) is 3. The van der Waals surface area contributed by atoms with Gasteiger partial charge in [-0.25, -0.2) is 0 Å². The molecule has 192 valence electrons. The van der Waals surface area contributed by atoms with Crippen LogP contribution in [-0.2, 0) is 24.0 Å². The van der Waals surface area contributed by atoms with Crippen LogP contribution < -0.4 is 67.3 Å². The molecule has 0 bridgehead atoms. The first-order valence-corrected chi connectivity index (χ1v) is 12.1. The van der Waals surface area contributed by atoms with E-state index in [1.54, 1.807) is 13.8 Å². The molecule has 1 aliphatic heterocycles. The van der Waals surface area contributed by atoms with Crippen LogP contribution in [0.3, 0.4) is 0 Å². The second kappa shape index (κ2) is 23.9. The van der Waals surface area contributed by atoms with Crippen LogP contribution in [0, 0.1) is 5.92 Å². The minimum Gasteiger partial charge on any atom is -0.635 e. The van der Waals surface area contributed by atoms with E-state index in [0.29, 0.717) is 32.4 Å². The van der Waals surface area contributed by atoms with Gasteiger partial charge in [-0.15, -0.1) is 0 Å². The Morgan fingerprint density at radius 3 is 2.15 bits per heavy atom. The Kier molecular flexibility index (Phi) is 26.5. The van der Waals surface area contributed by atoms with Crippen molar-refractivity contribution in [2.75, 3.05) is 26.2 Å². The second-order valence-electron chi connectivity index (χ2n) is 7.11. The SMILES string of the molecule is CC.CC.CCNC(=O)C[N-]C(C)NC(=O)CNC(=O)CCCCCN1C(=O)CC(C)C1=O.[K+]. The molecule has 0 aromatic carbocycles. The van der Waals surface area contributed by atoms with Crippen LogP contribution in [-0.4, -0.2) is 66.8 Å². The van der Waals surface area contributed by atoms with Gasteiger partial charge in [0.1, 0.15) is 0 Å². The number of likely N-dealkylation sites (tertiary alicyclic amines) is 1. The number of hydrogen-bond donors (Lipinski definition) is 3. The Bertz CT molecular complexity index is 619. The van der Waals surface area contributed by atoms with E-state index in [1.165, 1.54) is 4.90 Å². The average molecular weight is 510 g/mol. The predicted octanol–water partition coefficient (Wildman–Crippen LogP) is -0.914. The van der Waals surface area contributed by atoms with Gasteiger partial charge >= 0.3 is 51.4 Å². The van der Waals surface area contributed by atoms with Crippen molar-refractivity contribution in [1.29, 1.82) is 0 Å². The minimum atomic E-state index is -0.527. The van der Waals surface area contributed by atoms with E-state index in [2.05, 4.69) is 21.3 Å². The fourth-order valence-electron chi connectivity index (χ4n) is 2.89. The normalized spacial score (nSPS) is 15.0. The number of likely N-dealkylation sites (N-methyl/N-ethyl adjacent to an activating group) is 1. The Hall–Kier alpha value is -0.854. The summed E-state index contributed by atoms with van der Waals surface area (Å²) in [5.74, 6) is -1.32. The van der Waals surface area contributed by atoms with E-state index in [0.717, 1.165) is 0 Å². The minimum absolute atomic E-state index is 0. The number of hydrogen-bond acceptors (Lipinski definition) is 5. The zero-order valence-electron chi connectivity index (χ0n) is 22.5. The first-order valence-electron chi connectivity index (χ1n) is 12.1. The second-order valence-corrected chi connectivity index (χ2v) is 7.11. The average Bonchev–Trinajstić information content (AvgIpc) is 3.04. The first-order chi connectivity index (χ1) is 15.7. The maximum Gasteiger partial charge on any atom is 1.00 e. The van der Waals surface area contributed by atoms with Gasteiger partial charge in [-0.1, -0.05) is 60.7 Å². The van der Waals surface area contributed by atoms with Crippen molar-refractivity contribution in [2.24, 2.45) is 5.92 Å². The van der Waals surface area contributed by atoms with Gasteiger partial charge in [0.05, 0.1) is 6.54 Å². The van der Waals surface area contributed by atoms with E-state index in [-0.39, 0.29) is 113 Å². The van der Waals surface area contributed by atoms with Crippen molar-refractivity contribution in [3.05, 3.63) is 5.32 Å². The summed E-state index contributed by atoms with van der Waals surface area (Å²) in [5, 5.41) is 11.7. The topological polar surface area (TPSA) is 139 Å². The Morgan fingerprint density at radius 1 is 1.00 bits per heavy atom. The molecule has 0 spiro atoms. The summed E-state index contributed by atoms with van der Waals surface area (Å²) in [6.45, 7) is 13.9. The van der Waals surface area contributed by atoms with E-state index in [9.17, 15) is 24.0 Å². The molecule has 1 saturated heterocycles. The summed E-state index contributed by atoms with van der Waals surface area (Å²) in [7, 11) is 0. The summed E-state index contributed by atoms with van der Waals surface area (Å²) >= 11 is 0. The monoisotopic (exact) mass is 509 g/mol. The molecule has 1 heterocycles. The number of carbonyl (C=O) groups excluding carboxylic acids is 5. The zero-order valence-corrected chi connectivity index (χ0v) is 25.6. The molecular weight excluding hydrogens is 465 g/mol. The van der Waals surface area contributed by atoms with Gasteiger partial charge in [0.15, 0.2) is 5.91 Å². The fraction of sp³-hybridized carbons (Fsp3) is 0.783.